The number of piperidine rings is 1. The van der Waals surface area contributed by atoms with Crippen LogP contribution in [0.3, 0.4) is 0 Å². The van der Waals surface area contributed by atoms with Gasteiger partial charge >= 0.3 is 0 Å². The number of methoxy groups -OCH3 is 1. The van der Waals surface area contributed by atoms with Crippen LogP contribution in [0.2, 0.25) is 0 Å². The van der Waals surface area contributed by atoms with Crippen LogP contribution in [0.1, 0.15) is 19.8 Å². The first-order valence-corrected chi connectivity index (χ1v) is 6.75. The Bertz CT molecular complexity index is 199. The predicted molar refractivity (Wildman–Crippen MR) is 72.5 cm³/mol. The zero-order chi connectivity index (χ0) is 12.7. The SMILES string of the molecule is COCCNCC(C)N1CCCC(N(C)C)C1. The number of ether oxygens (including phenoxy) is 1. The Labute approximate surface area is 106 Å². The maximum absolute atomic E-state index is 5.03. The van der Waals surface area contributed by atoms with Crippen molar-refractivity contribution in [3.8, 4) is 0 Å². The molecule has 0 radical (unpaired) electrons. The standard InChI is InChI=1S/C13H29N3O/c1-12(10-14-7-9-17-4)16-8-5-6-13(11-16)15(2)3/h12-14H,5-11H2,1-4H3. The number of nitrogens with zero attached hydrogens (tertiary/aromatic N) is 2. The Morgan fingerprint density at radius 1 is 1.47 bits per heavy atom. The summed E-state index contributed by atoms with van der Waals surface area (Å²) in [6, 6.07) is 1.35. The molecule has 0 amide bonds. The Hall–Kier alpha value is -0.160. The molecule has 0 aromatic heterocycles. The van der Waals surface area contributed by atoms with E-state index in [-0.39, 0.29) is 0 Å². The molecule has 102 valence electrons. The van der Waals surface area contributed by atoms with Gasteiger partial charge in [0.25, 0.3) is 0 Å². The van der Waals surface area contributed by atoms with E-state index in [1.54, 1.807) is 7.11 Å². The van der Waals surface area contributed by atoms with E-state index >= 15 is 0 Å². The molecule has 1 N–H and O–H groups in total. The molecule has 0 aromatic carbocycles. The average Bonchev–Trinajstić information content (AvgIpc) is 2.34. The van der Waals surface area contributed by atoms with E-state index in [1.807, 2.05) is 0 Å². The summed E-state index contributed by atoms with van der Waals surface area (Å²) in [7, 11) is 6.13. The van der Waals surface area contributed by atoms with Crippen LogP contribution in [0.5, 0.6) is 0 Å². The fraction of sp³-hybridized carbons (Fsp3) is 1.00. The van der Waals surface area contributed by atoms with Crippen molar-refractivity contribution in [2.45, 2.75) is 31.8 Å². The maximum Gasteiger partial charge on any atom is 0.0587 e. The lowest BCUT2D eigenvalue weighted by molar-refractivity contribution is 0.100. The minimum absolute atomic E-state index is 0.620. The monoisotopic (exact) mass is 243 g/mol. The van der Waals surface area contributed by atoms with Crippen LogP contribution in [0, 0.1) is 0 Å². The highest BCUT2D eigenvalue weighted by Crippen LogP contribution is 2.15. The van der Waals surface area contributed by atoms with Gasteiger partial charge in [-0.15, -0.1) is 0 Å². The summed E-state index contributed by atoms with van der Waals surface area (Å²) in [5, 5.41) is 3.45. The number of nitrogens with one attached hydrogen (secondary N) is 1. The first-order chi connectivity index (χ1) is 8.15. The lowest BCUT2D eigenvalue weighted by Crippen LogP contribution is -2.51. The molecule has 4 nitrogen and oxygen atoms in total. The lowest BCUT2D eigenvalue weighted by atomic mass is 10.0. The normalized spacial score (nSPS) is 24.2. The first kappa shape index (κ1) is 14.9. The summed E-state index contributed by atoms with van der Waals surface area (Å²) in [5.74, 6) is 0. The summed E-state index contributed by atoms with van der Waals surface area (Å²) < 4.78 is 5.03. The second-order valence-corrected chi connectivity index (χ2v) is 5.30. The number of rotatable bonds is 7. The summed E-state index contributed by atoms with van der Waals surface area (Å²) in [6.07, 6.45) is 2.67. The molecule has 0 bridgehead atoms. The molecule has 4 heteroatoms. The zero-order valence-corrected chi connectivity index (χ0v) is 11.9. The van der Waals surface area contributed by atoms with Crippen molar-refractivity contribution in [3.63, 3.8) is 0 Å². The third-order valence-corrected chi connectivity index (χ3v) is 3.70. The first-order valence-electron chi connectivity index (χ1n) is 6.75. The van der Waals surface area contributed by atoms with E-state index in [0.717, 1.165) is 25.7 Å². The third kappa shape index (κ3) is 5.34. The van der Waals surface area contributed by atoms with Crippen molar-refractivity contribution in [1.82, 2.24) is 15.1 Å². The van der Waals surface area contributed by atoms with Crippen molar-refractivity contribution < 1.29 is 4.74 Å². The molecule has 2 unspecified atom stereocenters. The third-order valence-electron chi connectivity index (χ3n) is 3.70. The highest BCUT2D eigenvalue weighted by molar-refractivity contribution is 4.81. The Morgan fingerprint density at radius 3 is 2.88 bits per heavy atom. The van der Waals surface area contributed by atoms with Gasteiger partial charge in [-0.05, 0) is 40.4 Å². The highest BCUT2D eigenvalue weighted by atomic mass is 16.5. The van der Waals surface area contributed by atoms with Gasteiger partial charge in [-0.1, -0.05) is 0 Å². The molecule has 1 aliphatic rings. The largest absolute Gasteiger partial charge is 0.383 e. The van der Waals surface area contributed by atoms with Crippen LogP contribution in [0.4, 0.5) is 0 Å². The molecule has 17 heavy (non-hydrogen) atoms. The van der Waals surface area contributed by atoms with Crippen LogP contribution in [-0.4, -0.2) is 75.9 Å². The second-order valence-electron chi connectivity index (χ2n) is 5.30. The second kappa shape index (κ2) is 8.03. The lowest BCUT2D eigenvalue weighted by Gasteiger charge is -2.39. The molecular weight excluding hydrogens is 214 g/mol. The van der Waals surface area contributed by atoms with E-state index in [9.17, 15) is 0 Å². The maximum atomic E-state index is 5.03. The Kier molecular flexibility index (Phi) is 7.04. The van der Waals surface area contributed by atoms with Gasteiger partial charge in [0, 0.05) is 38.8 Å². The Balaban J connectivity index is 2.23. The molecule has 0 aliphatic carbocycles. The van der Waals surface area contributed by atoms with Crippen molar-refractivity contribution in [1.29, 1.82) is 0 Å². The van der Waals surface area contributed by atoms with E-state index in [1.165, 1.54) is 25.9 Å². The van der Waals surface area contributed by atoms with Gasteiger partial charge in [0.15, 0.2) is 0 Å². The van der Waals surface area contributed by atoms with Crippen LogP contribution in [-0.2, 0) is 4.74 Å². The van der Waals surface area contributed by atoms with Gasteiger partial charge in [-0.25, -0.2) is 0 Å². The van der Waals surface area contributed by atoms with Crippen LogP contribution >= 0.6 is 0 Å². The van der Waals surface area contributed by atoms with Gasteiger partial charge in [0.2, 0.25) is 0 Å². The molecule has 1 fully saturated rings. The molecule has 1 aliphatic heterocycles. The minimum atomic E-state index is 0.620. The molecular formula is C13H29N3O. The molecule has 0 spiro atoms. The van der Waals surface area contributed by atoms with Gasteiger partial charge in [0.05, 0.1) is 6.61 Å². The minimum Gasteiger partial charge on any atom is -0.383 e. The fourth-order valence-corrected chi connectivity index (χ4v) is 2.42. The number of likely N-dealkylation sites (N-methyl/N-ethyl adjacent to an activating group) is 1. The quantitative estimate of drug-likeness (QED) is 0.664. The Morgan fingerprint density at radius 2 is 2.24 bits per heavy atom. The molecule has 2 atom stereocenters. The van der Waals surface area contributed by atoms with E-state index in [4.69, 9.17) is 4.74 Å². The fourth-order valence-electron chi connectivity index (χ4n) is 2.42. The molecule has 1 saturated heterocycles. The van der Waals surface area contributed by atoms with Crippen molar-refractivity contribution in [2.24, 2.45) is 0 Å². The highest BCUT2D eigenvalue weighted by Gasteiger charge is 2.24. The average molecular weight is 243 g/mol. The van der Waals surface area contributed by atoms with Crippen molar-refractivity contribution >= 4 is 0 Å². The van der Waals surface area contributed by atoms with Crippen molar-refractivity contribution in [2.75, 3.05) is 54.0 Å². The topological polar surface area (TPSA) is 27.7 Å². The van der Waals surface area contributed by atoms with E-state index < -0.39 is 0 Å². The summed E-state index contributed by atoms with van der Waals surface area (Å²) >= 11 is 0. The van der Waals surface area contributed by atoms with E-state index in [0.29, 0.717) is 6.04 Å². The molecule has 0 aromatic rings. The van der Waals surface area contributed by atoms with Crippen LogP contribution in [0.15, 0.2) is 0 Å². The van der Waals surface area contributed by atoms with Gasteiger partial charge in [0.1, 0.15) is 0 Å². The predicted octanol–water partition coefficient (Wildman–Crippen LogP) is 0.637. The van der Waals surface area contributed by atoms with Gasteiger partial charge in [-0.3, -0.25) is 4.90 Å². The van der Waals surface area contributed by atoms with Gasteiger partial charge in [-0.2, -0.15) is 0 Å². The number of hydrogen-bond acceptors (Lipinski definition) is 4. The number of hydrogen-bond donors (Lipinski definition) is 1. The smallest absolute Gasteiger partial charge is 0.0587 e. The summed E-state index contributed by atoms with van der Waals surface area (Å²) in [6.45, 7) is 7.58. The molecule has 0 saturated carbocycles. The van der Waals surface area contributed by atoms with Crippen LogP contribution < -0.4 is 5.32 Å². The van der Waals surface area contributed by atoms with Crippen LogP contribution in [0.25, 0.3) is 0 Å². The zero-order valence-electron chi connectivity index (χ0n) is 11.9. The molecule has 1 rings (SSSR count). The van der Waals surface area contributed by atoms with Gasteiger partial charge < -0.3 is 15.0 Å². The summed E-state index contributed by atoms with van der Waals surface area (Å²) in [4.78, 5) is 4.96. The summed E-state index contributed by atoms with van der Waals surface area (Å²) in [5.41, 5.74) is 0. The van der Waals surface area contributed by atoms with Crippen molar-refractivity contribution in [3.05, 3.63) is 0 Å². The van der Waals surface area contributed by atoms with E-state index in [2.05, 4.69) is 36.1 Å². The number of likely N-dealkylation sites (tertiary alicyclic amines) is 1. The molecule has 1 heterocycles.